The number of likely N-dealkylation sites (tertiary alicyclic amines) is 1. The molecule has 0 bridgehead atoms. The van der Waals surface area contributed by atoms with Crippen molar-refractivity contribution in [2.75, 3.05) is 13.1 Å². The fourth-order valence-corrected chi connectivity index (χ4v) is 1.32. The summed E-state index contributed by atoms with van der Waals surface area (Å²) in [5.74, 6) is -5.26. The summed E-state index contributed by atoms with van der Waals surface area (Å²) in [6.45, 7) is 0.131. The molecule has 0 radical (unpaired) electrons. The number of alkyl halides is 6. The number of ether oxygens (including phenoxy) is 1. The minimum absolute atomic E-state index is 0.0655. The zero-order valence-electron chi connectivity index (χ0n) is 8.44. The van der Waals surface area contributed by atoms with E-state index in [1.807, 2.05) is 0 Å². The Morgan fingerprint density at radius 2 is 1.59 bits per heavy atom. The molecule has 0 aromatic carbocycles. The maximum atomic E-state index is 13.0. The molecule has 1 amide bonds. The number of hydrogen-bond donors (Lipinski definition) is 0. The second-order valence-corrected chi connectivity index (χ2v) is 3.51. The molecule has 3 nitrogen and oxygen atoms in total. The van der Waals surface area contributed by atoms with E-state index in [-0.39, 0.29) is 13.1 Å². The molecule has 9 heteroatoms. The van der Waals surface area contributed by atoms with Gasteiger partial charge in [0, 0.05) is 13.1 Å². The first kappa shape index (κ1) is 13.9. The number of carbonyl (C=O) groups is 1. The third kappa shape index (κ3) is 2.75. The highest BCUT2D eigenvalue weighted by Crippen LogP contribution is 2.40. The molecule has 1 aliphatic heterocycles. The second-order valence-electron chi connectivity index (χ2n) is 3.51. The molecule has 0 aromatic rings. The molecule has 1 saturated heterocycles. The molecule has 1 rings (SSSR count). The Bertz CT molecular complexity index is 288. The second kappa shape index (κ2) is 4.61. The molecule has 1 aliphatic rings. The summed E-state index contributed by atoms with van der Waals surface area (Å²) in [6.07, 6.45) is -11.2. The molecule has 0 saturated carbocycles. The van der Waals surface area contributed by atoms with Crippen molar-refractivity contribution in [1.29, 1.82) is 0 Å². The Kier molecular flexibility index (Phi) is 3.78. The van der Waals surface area contributed by atoms with Crippen LogP contribution < -0.4 is 0 Å². The Hall–Kier alpha value is -1.15. The van der Waals surface area contributed by atoms with Gasteiger partial charge in [0.25, 0.3) is 0 Å². The highest BCUT2D eigenvalue weighted by Gasteiger charge is 2.67. The van der Waals surface area contributed by atoms with Crippen LogP contribution in [0.4, 0.5) is 31.1 Å². The van der Waals surface area contributed by atoms with Crippen LogP contribution in [0.15, 0.2) is 0 Å². The van der Waals surface area contributed by atoms with Crippen molar-refractivity contribution in [2.45, 2.75) is 31.3 Å². The van der Waals surface area contributed by atoms with Crippen LogP contribution in [0, 0.1) is 0 Å². The van der Waals surface area contributed by atoms with Gasteiger partial charge in [0.05, 0.1) is 0 Å². The fraction of sp³-hybridized carbons (Fsp3) is 0.875. The van der Waals surface area contributed by atoms with Gasteiger partial charge in [0.2, 0.25) is 0 Å². The van der Waals surface area contributed by atoms with Crippen LogP contribution in [0.1, 0.15) is 12.8 Å². The average Bonchev–Trinajstić information content (AvgIpc) is 2.67. The fourth-order valence-electron chi connectivity index (χ4n) is 1.32. The minimum atomic E-state index is -5.98. The molecule has 0 aliphatic carbocycles. The Morgan fingerprint density at radius 1 is 1.12 bits per heavy atom. The SMILES string of the molecule is O=C(OC(F)(C(F)F)C(F)(F)F)N1CCCC1. The molecular formula is C8H9F6NO2. The summed E-state index contributed by atoms with van der Waals surface area (Å²) in [6, 6.07) is 0. The van der Waals surface area contributed by atoms with E-state index in [1.54, 1.807) is 0 Å². The number of hydrogen-bond acceptors (Lipinski definition) is 2. The third-order valence-corrected chi connectivity index (χ3v) is 2.27. The van der Waals surface area contributed by atoms with Crippen LogP contribution in [0.5, 0.6) is 0 Å². The Labute approximate surface area is 92.3 Å². The van der Waals surface area contributed by atoms with Crippen LogP contribution in [0.2, 0.25) is 0 Å². The van der Waals surface area contributed by atoms with E-state index in [2.05, 4.69) is 4.74 Å². The predicted octanol–water partition coefficient (Wildman–Crippen LogP) is 2.71. The molecule has 0 N–H and O–H groups in total. The standard InChI is InChI=1S/C8H9F6NO2/c9-5(10)7(11,8(12,13)14)17-6(16)15-3-1-2-4-15/h5H,1-4H2. The lowest BCUT2D eigenvalue weighted by atomic mass is 10.3. The van der Waals surface area contributed by atoms with Gasteiger partial charge in [-0.2, -0.15) is 17.6 Å². The van der Waals surface area contributed by atoms with Gasteiger partial charge >= 0.3 is 24.5 Å². The van der Waals surface area contributed by atoms with Gasteiger partial charge in [-0.1, -0.05) is 0 Å². The first-order chi connectivity index (χ1) is 7.68. The molecule has 1 heterocycles. The van der Waals surface area contributed by atoms with Crippen LogP contribution in [0.3, 0.4) is 0 Å². The van der Waals surface area contributed by atoms with E-state index in [4.69, 9.17) is 0 Å². The molecule has 0 aromatic heterocycles. The Balaban J connectivity index is 2.77. The lowest BCUT2D eigenvalue weighted by Gasteiger charge is -2.28. The van der Waals surface area contributed by atoms with Crippen molar-refractivity contribution in [3.63, 3.8) is 0 Å². The highest BCUT2D eigenvalue weighted by molar-refractivity contribution is 5.68. The van der Waals surface area contributed by atoms with E-state index in [1.165, 1.54) is 0 Å². The summed E-state index contributed by atoms with van der Waals surface area (Å²) >= 11 is 0. The van der Waals surface area contributed by atoms with Crippen molar-refractivity contribution < 1.29 is 35.9 Å². The maximum Gasteiger partial charge on any atom is 0.466 e. The largest absolute Gasteiger partial charge is 0.466 e. The molecular weight excluding hydrogens is 256 g/mol. The van der Waals surface area contributed by atoms with Gasteiger partial charge in [-0.05, 0) is 12.8 Å². The zero-order valence-corrected chi connectivity index (χ0v) is 8.44. The van der Waals surface area contributed by atoms with Gasteiger partial charge < -0.3 is 9.64 Å². The van der Waals surface area contributed by atoms with Crippen molar-refractivity contribution in [3.05, 3.63) is 0 Å². The number of carbonyl (C=O) groups excluding carboxylic acids is 1. The van der Waals surface area contributed by atoms with E-state index < -0.39 is 24.5 Å². The van der Waals surface area contributed by atoms with Crippen molar-refractivity contribution >= 4 is 6.09 Å². The number of rotatable bonds is 2. The maximum absolute atomic E-state index is 13.0. The van der Waals surface area contributed by atoms with Gasteiger partial charge in [-0.3, -0.25) is 0 Å². The lowest BCUT2D eigenvalue weighted by molar-refractivity contribution is -0.351. The molecule has 17 heavy (non-hydrogen) atoms. The van der Waals surface area contributed by atoms with Gasteiger partial charge in [-0.15, -0.1) is 0 Å². The first-order valence-electron chi connectivity index (χ1n) is 4.70. The van der Waals surface area contributed by atoms with Crippen molar-refractivity contribution in [2.24, 2.45) is 0 Å². The monoisotopic (exact) mass is 265 g/mol. The Morgan fingerprint density at radius 3 is 1.94 bits per heavy atom. The summed E-state index contributed by atoms with van der Waals surface area (Å²) in [4.78, 5) is 11.8. The van der Waals surface area contributed by atoms with Gasteiger partial charge in [-0.25, -0.2) is 13.6 Å². The van der Waals surface area contributed by atoms with Crippen LogP contribution >= 0.6 is 0 Å². The summed E-state index contributed by atoms with van der Waals surface area (Å²) in [5.41, 5.74) is 0. The normalized spacial score (nSPS) is 20.5. The van der Waals surface area contributed by atoms with Crippen LogP contribution in [-0.4, -0.2) is 42.5 Å². The zero-order chi connectivity index (χ0) is 13.3. The van der Waals surface area contributed by atoms with Gasteiger partial charge in [0.15, 0.2) is 0 Å². The topological polar surface area (TPSA) is 29.5 Å². The van der Waals surface area contributed by atoms with Crippen molar-refractivity contribution in [1.82, 2.24) is 4.90 Å². The molecule has 1 unspecified atom stereocenters. The highest BCUT2D eigenvalue weighted by atomic mass is 19.4. The third-order valence-electron chi connectivity index (χ3n) is 2.27. The average molecular weight is 265 g/mol. The predicted molar refractivity (Wildman–Crippen MR) is 43.2 cm³/mol. The summed E-state index contributed by atoms with van der Waals surface area (Å²) in [5, 5.41) is 0. The molecule has 0 spiro atoms. The molecule has 1 atom stereocenters. The number of amides is 1. The first-order valence-corrected chi connectivity index (χ1v) is 4.70. The quantitative estimate of drug-likeness (QED) is 0.718. The summed E-state index contributed by atoms with van der Waals surface area (Å²) in [7, 11) is 0. The van der Waals surface area contributed by atoms with E-state index in [0.717, 1.165) is 4.90 Å². The van der Waals surface area contributed by atoms with E-state index in [9.17, 15) is 31.1 Å². The van der Waals surface area contributed by atoms with Gasteiger partial charge in [0.1, 0.15) is 0 Å². The molecule has 100 valence electrons. The molecule has 1 fully saturated rings. The number of nitrogens with zero attached hydrogens (tertiary/aromatic N) is 1. The van der Waals surface area contributed by atoms with E-state index in [0.29, 0.717) is 12.8 Å². The summed E-state index contributed by atoms with van der Waals surface area (Å²) < 4.78 is 76.5. The number of halogens is 6. The van der Waals surface area contributed by atoms with Crippen LogP contribution in [0.25, 0.3) is 0 Å². The van der Waals surface area contributed by atoms with E-state index >= 15 is 0 Å². The van der Waals surface area contributed by atoms with Crippen molar-refractivity contribution in [3.8, 4) is 0 Å². The van der Waals surface area contributed by atoms with Crippen LogP contribution in [-0.2, 0) is 4.74 Å². The minimum Gasteiger partial charge on any atom is -0.398 e. The lowest BCUT2D eigenvalue weighted by Crippen LogP contribution is -2.52. The smallest absolute Gasteiger partial charge is 0.398 e.